The number of quaternary nitrogens is 1. The lowest BCUT2D eigenvalue weighted by Crippen LogP contribution is -3.18. The Morgan fingerprint density at radius 2 is 1.79 bits per heavy atom. The summed E-state index contributed by atoms with van der Waals surface area (Å²) in [6.07, 6.45) is 1.62. The fourth-order valence-corrected chi connectivity index (χ4v) is 4.25. The van der Waals surface area contributed by atoms with Crippen molar-refractivity contribution >= 4 is 23.4 Å². The number of piperidine rings is 1. The van der Waals surface area contributed by atoms with E-state index in [9.17, 15) is 14.4 Å². The van der Waals surface area contributed by atoms with Crippen LogP contribution in [0.4, 0.5) is 5.69 Å². The average Bonchev–Trinajstić information content (AvgIpc) is 3.09. The van der Waals surface area contributed by atoms with Gasteiger partial charge in [-0.1, -0.05) is 18.2 Å². The van der Waals surface area contributed by atoms with Gasteiger partial charge in [0.25, 0.3) is 5.91 Å². The average molecular weight is 329 g/mol. The molecule has 3 aliphatic heterocycles. The zero-order chi connectivity index (χ0) is 16.7. The Labute approximate surface area is 140 Å². The Balaban J connectivity index is 1.53. The highest BCUT2D eigenvalue weighted by Gasteiger charge is 2.53. The van der Waals surface area contributed by atoms with Crippen molar-refractivity contribution in [2.24, 2.45) is 0 Å². The van der Waals surface area contributed by atoms with Gasteiger partial charge in [-0.2, -0.15) is 0 Å². The smallest absolute Gasteiger partial charge is 0.285 e. The number of para-hydroxylation sites is 1. The molecule has 3 saturated heterocycles. The number of carbonyl (C=O) groups excluding carboxylic acids is 3. The predicted octanol–water partition coefficient (Wildman–Crippen LogP) is -1.59. The molecule has 1 atom stereocenters. The van der Waals surface area contributed by atoms with Gasteiger partial charge in [0.05, 0.1) is 26.2 Å². The van der Waals surface area contributed by atoms with Crippen LogP contribution < -0.4 is 20.4 Å². The van der Waals surface area contributed by atoms with Gasteiger partial charge in [0.15, 0.2) is 6.04 Å². The van der Waals surface area contributed by atoms with Gasteiger partial charge in [-0.25, -0.2) is 0 Å². The largest absolute Gasteiger partial charge is 0.339 e. The molecule has 0 saturated carbocycles. The monoisotopic (exact) mass is 329 g/mol. The van der Waals surface area contributed by atoms with Gasteiger partial charge < -0.3 is 15.1 Å². The number of hydrogen-bond acceptors (Lipinski definition) is 4. The van der Waals surface area contributed by atoms with Crippen molar-refractivity contribution in [1.29, 1.82) is 0 Å². The minimum atomic E-state index is -0.538. The van der Waals surface area contributed by atoms with Crippen LogP contribution in [0.2, 0.25) is 0 Å². The number of amides is 3. The topological polar surface area (TPSA) is 83.0 Å². The molecule has 3 N–H and O–H groups in total. The first-order valence-corrected chi connectivity index (χ1v) is 8.39. The summed E-state index contributed by atoms with van der Waals surface area (Å²) in [6.45, 7) is 1.94. The van der Waals surface area contributed by atoms with E-state index < -0.39 is 5.54 Å². The van der Waals surface area contributed by atoms with Gasteiger partial charge in [-0.05, 0) is 12.1 Å². The first kappa shape index (κ1) is 15.1. The Kier molecular flexibility index (Phi) is 3.53. The van der Waals surface area contributed by atoms with E-state index in [2.05, 4.69) is 15.5 Å². The third-order valence-electron chi connectivity index (χ3n) is 5.59. The maximum atomic E-state index is 12.6. The molecule has 3 fully saturated rings. The van der Waals surface area contributed by atoms with Crippen LogP contribution in [0.1, 0.15) is 19.3 Å². The molecule has 1 spiro atoms. The van der Waals surface area contributed by atoms with Gasteiger partial charge >= 0.3 is 0 Å². The molecule has 3 amide bonds. The maximum Gasteiger partial charge on any atom is 0.285 e. The van der Waals surface area contributed by atoms with Crippen molar-refractivity contribution in [3.8, 4) is 0 Å². The molecular formula is C17H21N4O3+. The van der Waals surface area contributed by atoms with Gasteiger partial charge in [0.1, 0.15) is 5.54 Å². The summed E-state index contributed by atoms with van der Waals surface area (Å²) >= 11 is 0. The molecule has 0 bridgehead atoms. The molecule has 0 aromatic heterocycles. The van der Waals surface area contributed by atoms with E-state index in [4.69, 9.17) is 0 Å². The fraction of sp³-hybridized carbons (Fsp3) is 0.471. The summed E-state index contributed by atoms with van der Waals surface area (Å²) in [7, 11) is 0. The second-order valence-electron chi connectivity index (χ2n) is 6.79. The Morgan fingerprint density at radius 3 is 2.42 bits per heavy atom. The number of nitrogens with one attached hydrogen (secondary N) is 3. The molecular weight excluding hydrogens is 308 g/mol. The summed E-state index contributed by atoms with van der Waals surface area (Å²) in [6, 6.07) is 9.64. The lowest BCUT2D eigenvalue weighted by atomic mass is 9.85. The van der Waals surface area contributed by atoms with E-state index in [0.29, 0.717) is 32.6 Å². The van der Waals surface area contributed by atoms with Crippen molar-refractivity contribution < 1.29 is 19.3 Å². The summed E-state index contributed by atoms with van der Waals surface area (Å²) in [5.41, 5.74) is 0.498. The molecule has 126 valence electrons. The zero-order valence-corrected chi connectivity index (χ0v) is 13.4. The van der Waals surface area contributed by atoms with Gasteiger partial charge in [0.2, 0.25) is 11.8 Å². The van der Waals surface area contributed by atoms with Crippen molar-refractivity contribution in [3.05, 3.63) is 30.3 Å². The summed E-state index contributed by atoms with van der Waals surface area (Å²) < 4.78 is 0. The minimum absolute atomic E-state index is 0.0670. The number of rotatable bonds is 2. The molecule has 4 rings (SSSR count). The van der Waals surface area contributed by atoms with Crippen LogP contribution in [-0.4, -0.2) is 49.1 Å². The summed E-state index contributed by atoms with van der Waals surface area (Å²) in [5.74, 6) is -0.304. The maximum absolute atomic E-state index is 12.6. The summed E-state index contributed by atoms with van der Waals surface area (Å²) in [4.78, 5) is 39.2. The zero-order valence-electron chi connectivity index (χ0n) is 13.4. The molecule has 3 heterocycles. The van der Waals surface area contributed by atoms with Crippen LogP contribution in [0.15, 0.2) is 30.3 Å². The fourth-order valence-electron chi connectivity index (χ4n) is 4.25. The predicted molar refractivity (Wildman–Crippen MR) is 86.1 cm³/mol. The second-order valence-corrected chi connectivity index (χ2v) is 6.79. The quantitative estimate of drug-likeness (QED) is 0.572. The van der Waals surface area contributed by atoms with Gasteiger partial charge in [-0.3, -0.25) is 19.7 Å². The van der Waals surface area contributed by atoms with Crippen molar-refractivity contribution in [2.75, 3.05) is 24.7 Å². The van der Waals surface area contributed by atoms with Crippen LogP contribution in [0.3, 0.4) is 0 Å². The van der Waals surface area contributed by atoms with E-state index in [0.717, 1.165) is 10.6 Å². The highest BCUT2D eigenvalue weighted by molar-refractivity contribution is 6.04. The molecule has 7 heteroatoms. The lowest BCUT2D eigenvalue weighted by molar-refractivity contribution is -0.920. The number of imide groups is 1. The Bertz CT molecular complexity index is 682. The van der Waals surface area contributed by atoms with Crippen LogP contribution in [-0.2, 0) is 14.4 Å². The molecule has 0 aliphatic carbocycles. The molecule has 1 aromatic carbocycles. The molecule has 1 aromatic rings. The van der Waals surface area contributed by atoms with Crippen LogP contribution in [0.5, 0.6) is 0 Å². The number of likely N-dealkylation sites (tertiary alicyclic amines) is 1. The highest BCUT2D eigenvalue weighted by Crippen LogP contribution is 2.33. The molecule has 3 aliphatic rings. The minimum Gasteiger partial charge on any atom is -0.339 e. The van der Waals surface area contributed by atoms with E-state index in [1.54, 1.807) is 0 Å². The number of anilines is 1. The first-order valence-electron chi connectivity index (χ1n) is 8.39. The summed E-state index contributed by atoms with van der Waals surface area (Å²) in [5, 5.41) is 5.35. The van der Waals surface area contributed by atoms with Crippen LogP contribution >= 0.6 is 0 Å². The number of hydrogen-bond donors (Lipinski definition) is 3. The number of carbonyl (C=O) groups is 3. The molecule has 24 heavy (non-hydrogen) atoms. The first-order chi connectivity index (χ1) is 11.6. The number of benzene rings is 1. The van der Waals surface area contributed by atoms with E-state index in [-0.39, 0.29) is 30.2 Å². The lowest BCUT2D eigenvalue weighted by Gasteiger charge is -2.42. The SMILES string of the molecule is O=C1C[C@H]([NH+]2CCC3(CC2)C(=O)NCN3c2ccccc2)C(=O)N1. The van der Waals surface area contributed by atoms with Crippen LogP contribution in [0.25, 0.3) is 0 Å². The number of nitrogens with zero attached hydrogens (tertiary/aromatic N) is 1. The molecule has 0 unspecified atom stereocenters. The van der Waals surface area contributed by atoms with Gasteiger partial charge in [-0.15, -0.1) is 0 Å². The molecule has 0 radical (unpaired) electrons. The van der Waals surface area contributed by atoms with Crippen molar-refractivity contribution in [1.82, 2.24) is 10.6 Å². The highest BCUT2D eigenvalue weighted by atomic mass is 16.2. The van der Waals surface area contributed by atoms with Crippen LogP contribution in [0, 0.1) is 0 Å². The Morgan fingerprint density at radius 1 is 1.08 bits per heavy atom. The normalized spacial score (nSPS) is 33.0. The van der Waals surface area contributed by atoms with E-state index >= 15 is 0 Å². The molecule has 7 nitrogen and oxygen atoms in total. The van der Waals surface area contributed by atoms with E-state index in [1.807, 2.05) is 30.3 Å². The van der Waals surface area contributed by atoms with Gasteiger partial charge in [0, 0.05) is 18.5 Å². The third-order valence-corrected chi connectivity index (χ3v) is 5.59. The Hall–Kier alpha value is -2.41. The third kappa shape index (κ3) is 2.27. The van der Waals surface area contributed by atoms with E-state index in [1.165, 1.54) is 0 Å². The second kappa shape index (κ2) is 5.59. The standard InChI is InChI=1S/C17H20N4O3/c22-14-10-13(15(23)19-14)20-8-6-17(7-9-20)16(24)18-11-21(17)12-4-2-1-3-5-12/h1-5,13H,6-11H2,(H,18,24)(H,19,22,23)/p+1/t13-/m0/s1. The van der Waals surface area contributed by atoms with Crippen molar-refractivity contribution in [2.45, 2.75) is 30.8 Å². The van der Waals surface area contributed by atoms with Crippen molar-refractivity contribution in [3.63, 3.8) is 0 Å².